The van der Waals surface area contributed by atoms with E-state index in [1.807, 2.05) is 18.2 Å². The van der Waals surface area contributed by atoms with Crippen LogP contribution in [0.25, 0.3) is 11.0 Å². The first-order chi connectivity index (χ1) is 18.0. The molecule has 1 aliphatic rings. The number of hydrogen-bond donors (Lipinski definition) is 3. The predicted octanol–water partition coefficient (Wildman–Crippen LogP) is 4.67. The molecule has 1 aliphatic heterocycles. The number of hydrogen-bond acceptors (Lipinski definition) is 6. The van der Waals surface area contributed by atoms with E-state index >= 15 is 0 Å². The molecule has 37 heavy (non-hydrogen) atoms. The monoisotopic (exact) mass is 498 g/mol. The minimum Gasteiger partial charge on any atom is -0.492 e. The van der Waals surface area contributed by atoms with E-state index in [0.717, 1.165) is 25.0 Å². The third-order valence-corrected chi connectivity index (χ3v) is 6.39. The highest BCUT2D eigenvalue weighted by molar-refractivity contribution is 6.05. The summed E-state index contributed by atoms with van der Waals surface area (Å²) in [5.74, 6) is 0.334. The summed E-state index contributed by atoms with van der Waals surface area (Å²) in [7, 11) is 0. The number of nitrogen functional groups attached to an aromatic ring is 1. The summed E-state index contributed by atoms with van der Waals surface area (Å²) in [6.45, 7) is 3.79. The molecule has 0 saturated carbocycles. The zero-order chi connectivity index (χ0) is 25.6. The van der Waals surface area contributed by atoms with Gasteiger partial charge in [-0.3, -0.25) is 14.5 Å². The fourth-order valence-corrected chi connectivity index (χ4v) is 4.43. The van der Waals surface area contributed by atoms with Crippen LogP contribution in [0, 0.1) is 0 Å². The number of nitrogens with zero attached hydrogens (tertiary/aromatic N) is 1. The molecule has 2 heterocycles. The summed E-state index contributed by atoms with van der Waals surface area (Å²) >= 11 is 0. The van der Waals surface area contributed by atoms with Gasteiger partial charge >= 0.3 is 0 Å². The molecule has 190 valence electrons. The van der Waals surface area contributed by atoms with E-state index in [9.17, 15) is 9.59 Å². The number of carbonyl (C=O) groups is 2. The smallest absolute Gasteiger partial charge is 0.287 e. The Hall–Kier alpha value is -4.30. The highest BCUT2D eigenvalue weighted by Crippen LogP contribution is 2.23. The molecule has 5 rings (SSSR count). The standard InChI is InChI=1S/C29H30N4O4/c30-24-5-1-2-6-25(24)32-28(34)21-8-10-23(11-9-21)36-16-13-31-29(35)27-18-22-17-20(7-12-26(22)37-27)19-33-14-3-4-15-33/h1-2,5-12,17-18H,3-4,13-16,19,30H2,(H,31,35)(H,32,34). The molecule has 0 bridgehead atoms. The van der Waals surface area contributed by atoms with E-state index in [4.69, 9.17) is 14.9 Å². The van der Waals surface area contributed by atoms with Crippen LogP contribution < -0.4 is 21.1 Å². The van der Waals surface area contributed by atoms with E-state index in [1.54, 1.807) is 42.5 Å². The topological polar surface area (TPSA) is 110 Å². The highest BCUT2D eigenvalue weighted by atomic mass is 16.5. The Labute approximate surface area is 215 Å². The molecule has 0 atom stereocenters. The van der Waals surface area contributed by atoms with Crippen molar-refractivity contribution in [1.29, 1.82) is 0 Å². The Balaban J connectivity index is 1.08. The first-order valence-corrected chi connectivity index (χ1v) is 12.5. The molecule has 1 fully saturated rings. The molecule has 0 radical (unpaired) electrons. The van der Waals surface area contributed by atoms with Crippen LogP contribution >= 0.6 is 0 Å². The largest absolute Gasteiger partial charge is 0.492 e. The van der Waals surface area contributed by atoms with Crippen LogP contribution in [0.15, 0.2) is 77.2 Å². The lowest BCUT2D eigenvalue weighted by molar-refractivity contribution is 0.0921. The van der Waals surface area contributed by atoms with Crippen molar-refractivity contribution >= 4 is 34.2 Å². The van der Waals surface area contributed by atoms with Crippen molar-refractivity contribution < 1.29 is 18.7 Å². The van der Waals surface area contributed by atoms with Gasteiger partial charge in [-0.25, -0.2) is 0 Å². The van der Waals surface area contributed by atoms with Gasteiger partial charge in [0.05, 0.1) is 17.9 Å². The van der Waals surface area contributed by atoms with Crippen LogP contribution in [0.2, 0.25) is 0 Å². The SMILES string of the molecule is Nc1ccccc1NC(=O)c1ccc(OCCNC(=O)c2cc3cc(CN4CCCC4)ccc3o2)cc1. The van der Waals surface area contributed by atoms with Crippen molar-refractivity contribution in [3.8, 4) is 5.75 Å². The van der Waals surface area contributed by atoms with E-state index in [1.165, 1.54) is 18.4 Å². The number of rotatable bonds is 9. The van der Waals surface area contributed by atoms with Gasteiger partial charge < -0.3 is 25.5 Å². The zero-order valence-corrected chi connectivity index (χ0v) is 20.5. The van der Waals surface area contributed by atoms with Crippen molar-refractivity contribution in [2.24, 2.45) is 0 Å². The van der Waals surface area contributed by atoms with Gasteiger partial charge in [-0.2, -0.15) is 0 Å². The number of anilines is 2. The number of para-hydroxylation sites is 2. The first-order valence-electron chi connectivity index (χ1n) is 12.5. The second kappa shape index (κ2) is 11.2. The van der Waals surface area contributed by atoms with Gasteiger partial charge in [-0.05, 0) is 86.1 Å². The van der Waals surface area contributed by atoms with Crippen LogP contribution in [0.1, 0.15) is 39.3 Å². The van der Waals surface area contributed by atoms with Gasteiger partial charge in [0.25, 0.3) is 11.8 Å². The Kier molecular flexibility index (Phi) is 7.37. The second-order valence-electron chi connectivity index (χ2n) is 9.14. The molecule has 2 amide bonds. The van der Waals surface area contributed by atoms with E-state index in [0.29, 0.717) is 34.8 Å². The summed E-state index contributed by atoms with van der Waals surface area (Å²) in [4.78, 5) is 27.4. The lowest BCUT2D eigenvalue weighted by Gasteiger charge is -2.14. The van der Waals surface area contributed by atoms with Crippen molar-refractivity contribution in [3.05, 3.63) is 89.7 Å². The van der Waals surface area contributed by atoms with Gasteiger partial charge in [0.2, 0.25) is 0 Å². The van der Waals surface area contributed by atoms with Crippen LogP contribution in [0.3, 0.4) is 0 Å². The Bertz CT molecular complexity index is 1390. The number of likely N-dealkylation sites (tertiary alicyclic amines) is 1. The molecule has 0 aliphatic carbocycles. The molecule has 8 heteroatoms. The summed E-state index contributed by atoms with van der Waals surface area (Å²) in [6, 6.07) is 21.7. The quantitative estimate of drug-likeness (QED) is 0.229. The van der Waals surface area contributed by atoms with Crippen molar-refractivity contribution in [3.63, 3.8) is 0 Å². The maximum absolute atomic E-state index is 12.6. The van der Waals surface area contributed by atoms with E-state index in [-0.39, 0.29) is 24.2 Å². The lowest BCUT2D eigenvalue weighted by Crippen LogP contribution is -2.27. The lowest BCUT2D eigenvalue weighted by atomic mass is 10.1. The molecular formula is C29H30N4O4. The summed E-state index contributed by atoms with van der Waals surface area (Å²) in [5.41, 5.74) is 9.35. The Morgan fingerprint density at radius 3 is 2.51 bits per heavy atom. The van der Waals surface area contributed by atoms with Gasteiger partial charge in [-0.1, -0.05) is 18.2 Å². The molecule has 4 aromatic rings. The average Bonchev–Trinajstić information content (AvgIpc) is 3.58. The Morgan fingerprint density at radius 1 is 0.946 bits per heavy atom. The van der Waals surface area contributed by atoms with Crippen molar-refractivity contribution in [2.75, 3.05) is 37.3 Å². The van der Waals surface area contributed by atoms with Crippen LogP contribution in [-0.4, -0.2) is 43.0 Å². The van der Waals surface area contributed by atoms with Gasteiger partial charge in [0, 0.05) is 17.5 Å². The molecule has 1 aromatic heterocycles. The molecule has 1 saturated heterocycles. The molecule has 8 nitrogen and oxygen atoms in total. The van der Waals surface area contributed by atoms with Gasteiger partial charge in [-0.15, -0.1) is 0 Å². The Morgan fingerprint density at radius 2 is 1.73 bits per heavy atom. The number of benzene rings is 3. The number of fused-ring (bicyclic) bond motifs is 1. The number of furan rings is 1. The highest BCUT2D eigenvalue weighted by Gasteiger charge is 2.15. The van der Waals surface area contributed by atoms with E-state index in [2.05, 4.69) is 27.7 Å². The molecule has 0 unspecified atom stereocenters. The number of nitrogens with two attached hydrogens (primary N) is 1. The van der Waals surface area contributed by atoms with Crippen LogP contribution in [0.5, 0.6) is 5.75 Å². The third kappa shape index (κ3) is 6.10. The van der Waals surface area contributed by atoms with Gasteiger partial charge in [0.15, 0.2) is 5.76 Å². The fourth-order valence-electron chi connectivity index (χ4n) is 4.43. The maximum atomic E-state index is 12.6. The van der Waals surface area contributed by atoms with Gasteiger partial charge in [0.1, 0.15) is 17.9 Å². The van der Waals surface area contributed by atoms with E-state index < -0.39 is 0 Å². The second-order valence-corrected chi connectivity index (χ2v) is 9.14. The van der Waals surface area contributed by atoms with Crippen LogP contribution in [-0.2, 0) is 6.54 Å². The minimum atomic E-state index is -0.284. The summed E-state index contributed by atoms with van der Waals surface area (Å²) in [5, 5.41) is 6.54. The molecule has 0 spiro atoms. The van der Waals surface area contributed by atoms with Crippen molar-refractivity contribution in [1.82, 2.24) is 10.2 Å². The number of nitrogens with one attached hydrogen (secondary N) is 2. The maximum Gasteiger partial charge on any atom is 0.287 e. The first kappa shape index (κ1) is 24.4. The van der Waals surface area contributed by atoms with Crippen LogP contribution in [0.4, 0.5) is 11.4 Å². The fraction of sp³-hybridized carbons (Fsp3) is 0.241. The number of ether oxygens (including phenoxy) is 1. The normalized spacial score (nSPS) is 13.5. The predicted molar refractivity (Wildman–Crippen MR) is 144 cm³/mol. The minimum absolute atomic E-state index is 0.259. The zero-order valence-electron chi connectivity index (χ0n) is 20.5. The molecular weight excluding hydrogens is 468 g/mol. The number of carbonyl (C=O) groups excluding carboxylic acids is 2. The summed E-state index contributed by atoms with van der Waals surface area (Å²) < 4.78 is 11.4. The number of amides is 2. The average molecular weight is 499 g/mol. The molecule has 4 N–H and O–H groups in total. The summed E-state index contributed by atoms with van der Waals surface area (Å²) in [6.07, 6.45) is 2.52. The molecule has 3 aromatic carbocycles. The third-order valence-electron chi connectivity index (χ3n) is 6.39. The van der Waals surface area contributed by atoms with Crippen molar-refractivity contribution in [2.45, 2.75) is 19.4 Å².